The third-order valence-electron chi connectivity index (χ3n) is 11.2. The third-order valence-corrected chi connectivity index (χ3v) is 12.3. The Morgan fingerprint density at radius 2 is 0.860 bits per heavy atom. The first-order chi connectivity index (χ1) is 28.3. The topological polar surface area (TPSA) is 48.5 Å². The quantitative estimate of drug-likeness (QED) is 0.176. The highest BCUT2D eigenvalue weighted by Crippen LogP contribution is 2.44. The lowest BCUT2D eigenvalue weighted by Crippen LogP contribution is -2.01. The van der Waals surface area contributed by atoms with E-state index >= 15 is 0 Å². The Kier molecular flexibility index (Phi) is 7.03. The second-order valence-electron chi connectivity index (χ2n) is 14.4. The minimum absolute atomic E-state index is 0.631. The van der Waals surface area contributed by atoms with E-state index in [1.807, 2.05) is 72.0 Å². The van der Waals surface area contributed by atoms with E-state index in [2.05, 4.69) is 137 Å². The van der Waals surface area contributed by atoms with Crippen molar-refractivity contribution in [1.29, 1.82) is 0 Å². The van der Waals surface area contributed by atoms with Gasteiger partial charge in [-0.3, -0.25) is 0 Å². The van der Waals surface area contributed by atoms with Crippen LogP contribution in [0.3, 0.4) is 0 Å². The van der Waals surface area contributed by atoms with Gasteiger partial charge >= 0.3 is 0 Å². The molecule has 12 rings (SSSR count). The highest BCUT2D eigenvalue weighted by atomic mass is 32.1. The lowest BCUT2D eigenvalue weighted by atomic mass is 10.1. The standard InChI is InChI=1S/C51H31N5S/c1-3-14-32(15-4-1)49-52-50(33-16-5-2-6-17-33)54-51(53-49)34-18-13-19-35(30-34)55-43-23-10-8-21-38(43)42-31-36(26-29-45(42)55)56-44-24-11-7-20-37(44)40-27-28-41-39-22-9-12-25-46(39)57-48(41)47(40)56/h1-31H. The molecular weight excluding hydrogens is 715 g/mol. The van der Waals surface area contributed by atoms with Crippen LogP contribution in [0.4, 0.5) is 0 Å². The molecule has 6 heteroatoms. The van der Waals surface area contributed by atoms with E-state index in [-0.39, 0.29) is 0 Å². The van der Waals surface area contributed by atoms with Crippen LogP contribution in [0.1, 0.15) is 0 Å². The van der Waals surface area contributed by atoms with E-state index in [0.29, 0.717) is 17.5 Å². The predicted molar refractivity (Wildman–Crippen MR) is 238 cm³/mol. The largest absolute Gasteiger partial charge is 0.309 e. The van der Waals surface area contributed by atoms with Crippen LogP contribution in [0.15, 0.2) is 188 Å². The Morgan fingerprint density at radius 3 is 1.58 bits per heavy atom. The SMILES string of the molecule is c1ccc(-c2nc(-c3ccccc3)nc(-c3cccc(-n4c5ccccc5c5cc(-n6c7ccccc7c7ccc8c9ccccc9sc8c76)ccc54)c3)n2)cc1. The van der Waals surface area contributed by atoms with Gasteiger partial charge in [-0.1, -0.05) is 140 Å². The molecule has 4 aromatic heterocycles. The van der Waals surface area contributed by atoms with E-state index in [0.717, 1.165) is 39.1 Å². The molecule has 0 aliphatic carbocycles. The van der Waals surface area contributed by atoms with Gasteiger partial charge in [0.05, 0.1) is 26.8 Å². The lowest BCUT2D eigenvalue weighted by molar-refractivity contribution is 1.07. The molecule has 0 fully saturated rings. The molecule has 4 heterocycles. The Bertz CT molecular complexity index is 3470. The summed E-state index contributed by atoms with van der Waals surface area (Å²) < 4.78 is 7.46. The molecule has 0 amide bonds. The minimum Gasteiger partial charge on any atom is -0.309 e. The molecule has 0 bridgehead atoms. The van der Waals surface area contributed by atoms with Crippen molar-refractivity contribution in [1.82, 2.24) is 24.1 Å². The smallest absolute Gasteiger partial charge is 0.164 e. The second kappa shape index (κ2) is 12.6. The van der Waals surface area contributed by atoms with E-state index in [1.165, 1.54) is 52.8 Å². The van der Waals surface area contributed by atoms with Gasteiger partial charge in [0.15, 0.2) is 17.5 Å². The number of rotatable bonds is 5. The zero-order valence-corrected chi connectivity index (χ0v) is 31.4. The Hall–Kier alpha value is -7.41. The summed E-state index contributed by atoms with van der Waals surface area (Å²) in [6.45, 7) is 0. The Balaban J connectivity index is 1.06. The zero-order chi connectivity index (χ0) is 37.5. The minimum atomic E-state index is 0.631. The van der Waals surface area contributed by atoms with Gasteiger partial charge in [0.1, 0.15) is 0 Å². The fourth-order valence-electron chi connectivity index (χ4n) is 8.60. The summed E-state index contributed by atoms with van der Waals surface area (Å²) in [6.07, 6.45) is 0. The molecule has 0 radical (unpaired) electrons. The van der Waals surface area contributed by atoms with Gasteiger partial charge in [0.2, 0.25) is 0 Å². The fourth-order valence-corrected chi connectivity index (χ4v) is 9.84. The molecule has 8 aromatic carbocycles. The van der Waals surface area contributed by atoms with Crippen molar-refractivity contribution in [2.75, 3.05) is 0 Å². The third kappa shape index (κ3) is 4.98. The van der Waals surface area contributed by atoms with Crippen LogP contribution < -0.4 is 0 Å². The zero-order valence-electron chi connectivity index (χ0n) is 30.5. The van der Waals surface area contributed by atoms with Crippen molar-refractivity contribution in [2.24, 2.45) is 0 Å². The molecule has 0 atom stereocenters. The summed E-state index contributed by atoms with van der Waals surface area (Å²) in [5.74, 6) is 1.92. The molecular formula is C51H31N5S. The van der Waals surface area contributed by atoms with Gasteiger partial charge in [-0.2, -0.15) is 0 Å². The number of benzene rings is 8. The molecule has 0 aliphatic heterocycles. The summed E-state index contributed by atoms with van der Waals surface area (Å²) in [5.41, 5.74) is 9.73. The maximum absolute atomic E-state index is 5.04. The normalized spacial score (nSPS) is 11.9. The first-order valence-corrected chi connectivity index (χ1v) is 19.9. The first-order valence-electron chi connectivity index (χ1n) is 19.1. The van der Waals surface area contributed by atoms with Crippen molar-refractivity contribution < 1.29 is 0 Å². The van der Waals surface area contributed by atoms with Crippen molar-refractivity contribution in [3.63, 3.8) is 0 Å². The summed E-state index contributed by atoms with van der Waals surface area (Å²) in [7, 11) is 0. The highest BCUT2D eigenvalue weighted by Gasteiger charge is 2.20. The average Bonchev–Trinajstić information content (AvgIpc) is 3.94. The summed E-state index contributed by atoms with van der Waals surface area (Å²) in [5, 5.41) is 7.53. The predicted octanol–water partition coefficient (Wildman–Crippen LogP) is 13.4. The summed E-state index contributed by atoms with van der Waals surface area (Å²) in [4.78, 5) is 15.0. The number of fused-ring (bicyclic) bond motifs is 10. The van der Waals surface area contributed by atoms with E-state index in [9.17, 15) is 0 Å². The Labute approximate surface area is 331 Å². The molecule has 57 heavy (non-hydrogen) atoms. The van der Waals surface area contributed by atoms with Crippen LogP contribution in [-0.4, -0.2) is 24.1 Å². The first kappa shape index (κ1) is 31.9. The molecule has 0 N–H and O–H groups in total. The molecule has 0 unspecified atom stereocenters. The van der Waals surface area contributed by atoms with Crippen LogP contribution in [0.25, 0.3) is 109 Å². The monoisotopic (exact) mass is 745 g/mol. The molecule has 0 aliphatic rings. The number of aromatic nitrogens is 5. The van der Waals surface area contributed by atoms with Crippen molar-refractivity contribution >= 4 is 75.1 Å². The fraction of sp³-hybridized carbons (Fsp3) is 0. The van der Waals surface area contributed by atoms with Gasteiger partial charge in [-0.15, -0.1) is 11.3 Å². The maximum Gasteiger partial charge on any atom is 0.164 e. The molecule has 0 saturated heterocycles. The van der Waals surface area contributed by atoms with Crippen LogP contribution in [0, 0.1) is 0 Å². The maximum atomic E-state index is 5.04. The van der Waals surface area contributed by atoms with E-state index in [1.54, 1.807) is 0 Å². The number of hydrogen-bond donors (Lipinski definition) is 0. The van der Waals surface area contributed by atoms with Gasteiger partial charge in [0.25, 0.3) is 0 Å². The number of thiophene rings is 1. The van der Waals surface area contributed by atoms with Crippen molar-refractivity contribution in [2.45, 2.75) is 0 Å². The number of hydrogen-bond acceptors (Lipinski definition) is 4. The van der Waals surface area contributed by atoms with Crippen LogP contribution in [0.2, 0.25) is 0 Å². The van der Waals surface area contributed by atoms with Gasteiger partial charge in [0, 0.05) is 65.1 Å². The molecule has 0 saturated carbocycles. The molecule has 266 valence electrons. The van der Waals surface area contributed by atoms with E-state index in [4.69, 9.17) is 15.0 Å². The molecule has 0 spiro atoms. The highest BCUT2D eigenvalue weighted by molar-refractivity contribution is 7.26. The van der Waals surface area contributed by atoms with Crippen LogP contribution in [0.5, 0.6) is 0 Å². The molecule has 12 aromatic rings. The Morgan fingerprint density at radius 1 is 0.333 bits per heavy atom. The summed E-state index contributed by atoms with van der Waals surface area (Å²) >= 11 is 1.88. The second-order valence-corrected chi connectivity index (χ2v) is 15.5. The molecule has 5 nitrogen and oxygen atoms in total. The van der Waals surface area contributed by atoms with Gasteiger partial charge in [-0.25, -0.2) is 15.0 Å². The van der Waals surface area contributed by atoms with Crippen molar-refractivity contribution in [3.05, 3.63) is 188 Å². The van der Waals surface area contributed by atoms with Crippen LogP contribution in [-0.2, 0) is 0 Å². The van der Waals surface area contributed by atoms with E-state index < -0.39 is 0 Å². The van der Waals surface area contributed by atoms with Gasteiger partial charge in [-0.05, 0) is 48.5 Å². The summed E-state index contributed by atoms with van der Waals surface area (Å²) in [6, 6.07) is 66.6. The van der Waals surface area contributed by atoms with Gasteiger partial charge < -0.3 is 9.13 Å². The average molecular weight is 746 g/mol. The van der Waals surface area contributed by atoms with Crippen molar-refractivity contribution in [3.8, 4) is 45.5 Å². The number of nitrogens with zero attached hydrogens (tertiary/aromatic N) is 5. The van der Waals surface area contributed by atoms with Crippen LogP contribution >= 0.6 is 11.3 Å². The lowest BCUT2D eigenvalue weighted by Gasteiger charge is -2.12. The number of para-hydroxylation sites is 2.